The molecule has 0 N–H and O–H groups in total. The number of benzene rings is 1. The Balaban J connectivity index is 1.37. The Bertz CT molecular complexity index is 1160. The highest BCUT2D eigenvalue weighted by atomic mass is 19.1. The van der Waals surface area contributed by atoms with Crippen LogP contribution in [0.1, 0.15) is 40.7 Å². The van der Waals surface area contributed by atoms with Crippen molar-refractivity contribution in [3.05, 3.63) is 52.7 Å². The average Bonchev–Trinajstić information content (AvgIpc) is 3.28. The number of carbonyl (C=O) groups is 2. The van der Waals surface area contributed by atoms with Gasteiger partial charge in [0.05, 0.1) is 19.8 Å². The maximum atomic E-state index is 14.4. The van der Waals surface area contributed by atoms with Crippen molar-refractivity contribution in [2.45, 2.75) is 26.2 Å². The fourth-order valence-electron chi connectivity index (χ4n) is 4.73. The number of methoxy groups -OCH3 is 2. The molecule has 0 bridgehead atoms. The molecule has 4 rings (SSSR count). The lowest BCUT2D eigenvalue weighted by molar-refractivity contribution is -0.125. The number of nitrogens with zero attached hydrogens (tertiary/aromatic N) is 4. The zero-order valence-electron chi connectivity index (χ0n) is 20.0. The number of likely N-dealkylation sites (tertiary alicyclic amines) is 2. The fraction of sp³-hybridized carbons (Fsp3) is 0.440. The van der Waals surface area contributed by atoms with Crippen LogP contribution in [0.5, 0.6) is 11.9 Å². The molecule has 0 atom stereocenters. The predicted molar refractivity (Wildman–Crippen MR) is 124 cm³/mol. The summed E-state index contributed by atoms with van der Waals surface area (Å²) in [6, 6.07) is 2.62. The van der Waals surface area contributed by atoms with Crippen LogP contribution in [0.15, 0.2) is 24.4 Å². The van der Waals surface area contributed by atoms with Gasteiger partial charge in [-0.3, -0.25) is 9.59 Å². The summed E-state index contributed by atoms with van der Waals surface area (Å²) in [6.45, 7) is 3.47. The summed E-state index contributed by atoms with van der Waals surface area (Å²) in [5, 5.41) is 0. The molecule has 2 saturated heterocycles. The zero-order chi connectivity index (χ0) is 25.2. The molecule has 2 aromatic rings. The number of aromatic nitrogens is 2. The van der Waals surface area contributed by atoms with Gasteiger partial charge in [0.2, 0.25) is 11.8 Å². The second-order valence-electron chi connectivity index (χ2n) is 9.01. The molecule has 2 amide bonds. The summed E-state index contributed by atoms with van der Waals surface area (Å²) in [7, 11) is 2.93. The molecule has 2 aliphatic rings. The van der Waals surface area contributed by atoms with E-state index in [0.717, 1.165) is 12.5 Å². The highest BCUT2D eigenvalue weighted by molar-refractivity contribution is 5.95. The number of ether oxygens (including phenoxy) is 2. The second-order valence-corrected chi connectivity index (χ2v) is 9.01. The Morgan fingerprint density at radius 1 is 1.06 bits per heavy atom. The number of aryl methyl sites for hydroxylation is 1. The highest BCUT2D eigenvalue weighted by Crippen LogP contribution is 2.41. The molecule has 3 heterocycles. The van der Waals surface area contributed by atoms with E-state index in [1.807, 2.05) is 0 Å². The molecule has 1 spiro atoms. The average molecular weight is 487 g/mol. The maximum absolute atomic E-state index is 14.4. The van der Waals surface area contributed by atoms with E-state index < -0.39 is 23.1 Å². The van der Waals surface area contributed by atoms with Crippen LogP contribution in [-0.2, 0) is 4.79 Å². The van der Waals surface area contributed by atoms with Gasteiger partial charge < -0.3 is 19.3 Å². The maximum Gasteiger partial charge on any atom is 0.319 e. The molecule has 0 unspecified atom stereocenters. The first kappa shape index (κ1) is 24.6. The largest absolute Gasteiger partial charge is 0.480 e. The van der Waals surface area contributed by atoms with E-state index in [4.69, 9.17) is 9.47 Å². The lowest BCUT2D eigenvalue weighted by Crippen LogP contribution is -2.45. The minimum Gasteiger partial charge on any atom is -0.480 e. The van der Waals surface area contributed by atoms with Gasteiger partial charge in [-0.15, -0.1) is 0 Å². The van der Waals surface area contributed by atoms with Crippen LogP contribution in [0.4, 0.5) is 8.78 Å². The molecule has 0 aliphatic carbocycles. The third-order valence-electron chi connectivity index (χ3n) is 6.90. The topological polar surface area (TPSA) is 84.9 Å². The van der Waals surface area contributed by atoms with E-state index >= 15 is 0 Å². The van der Waals surface area contributed by atoms with Crippen molar-refractivity contribution < 1.29 is 27.8 Å². The van der Waals surface area contributed by atoms with Gasteiger partial charge in [-0.2, -0.15) is 4.98 Å². The van der Waals surface area contributed by atoms with Crippen molar-refractivity contribution in [2.24, 2.45) is 5.41 Å². The van der Waals surface area contributed by atoms with Crippen LogP contribution in [0, 0.1) is 24.0 Å². The van der Waals surface area contributed by atoms with Crippen molar-refractivity contribution in [3.63, 3.8) is 0 Å². The summed E-state index contributed by atoms with van der Waals surface area (Å²) in [5.41, 5.74) is 0.190. The van der Waals surface area contributed by atoms with Gasteiger partial charge in [-0.25, -0.2) is 13.8 Å². The predicted octanol–water partition coefficient (Wildman–Crippen LogP) is 3.25. The Morgan fingerprint density at radius 2 is 1.74 bits per heavy atom. The third-order valence-corrected chi connectivity index (χ3v) is 6.90. The number of hydrogen-bond donors (Lipinski definition) is 0. The number of rotatable bonds is 5. The van der Waals surface area contributed by atoms with Crippen LogP contribution in [-0.4, -0.2) is 72.0 Å². The summed E-state index contributed by atoms with van der Waals surface area (Å²) >= 11 is 0. The van der Waals surface area contributed by atoms with E-state index in [1.54, 1.807) is 11.0 Å². The minimum atomic E-state index is -0.846. The van der Waals surface area contributed by atoms with Crippen LogP contribution in [0.2, 0.25) is 0 Å². The van der Waals surface area contributed by atoms with Gasteiger partial charge in [-0.05, 0) is 49.3 Å². The number of carbonyl (C=O) groups excluding carboxylic acids is 2. The van der Waals surface area contributed by atoms with Crippen LogP contribution >= 0.6 is 0 Å². The molecule has 8 nitrogen and oxygen atoms in total. The van der Waals surface area contributed by atoms with E-state index in [9.17, 15) is 18.4 Å². The normalized spacial score (nSPS) is 17.3. The van der Waals surface area contributed by atoms with Gasteiger partial charge in [-0.1, -0.05) is 6.07 Å². The van der Waals surface area contributed by atoms with Crippen LogP contribution < -0.4 is 9.47 Å². The smallest absolute Gasteiger partial charge is 0.319 e. The molecule has 10 heteroatoms. The summed E-state index contributed by atoms with van der Waals surface area (Å²) in [5.74, 6) is -2.11. The summed E-state index contributed by atoms with van der Waals surface area (Å²) in [4.78, 5) is 37.1. The molecule has 0 radical (unpaired) electrons. The standard InChI is InChI=1S/C25H28F2N4O4/c1-16-4-6-18(26)20(21(16)27)23(33)30-11-8-25(9-12-30)10-13-31(15-25)19(32)7-5-17-14-28-24(35-3)29-22(17)34-2/h4-7,14H,8-13,15H2,1-3H3/b7-5+. The quantitative estimate of drug-likeness (QED) is 0.604. The number of piperidine rings is 1. The Labute approximate surface area is 202 Å². The molecule has 1 aromatic carbocycles. The van der Waals surface area contributed by atoms with Crippen molar-refractivity contribution in [1.82, 2.24) is 19.8 Å². The molecule has 0 saturated carbocycles. The molecule has 1 aromatic heterocycles. The highest BCUT2D eigenvalue weighted by Gasteiger charge is 2.43. The zero-order valence-corrected chi connectivity index (χ0v) is 20.0. The number of halogens is 2. The lowest BCUT2D eigenvalue weighted by atomic mass is 9.77. The van der Waals surface area contributed by atoms with Crippen LogP contribution in [0.25, 0.3) is 6.08 Å². The van der Waals surface area contributed by atoms with Crippen molar-refractivity contribution >= 4 is 17.9 Å². The van der Waals surface area contributed by atoms with E-state index in [1.165, 1.54) is 44.4 Å². The van der Waals surface area contributed by atoms with Crippen molar-refractivity contribution in [1.29, 1.82) is 0 Å². The third kappa shape index (κ3) is 4.96. The monoisotopic (exact) mass is 486 g/mol. The van der Waals surface area contributed by atoms with E-state index in [2.05, 4.69) is 9.97 Å². The van der Waals surface area contributed by atoms with Crippen molar-refractivity contribution in [3.8, 4) is 11.9 Å². The van der Waals surface area contributed by atoms with E-state index in [-0.39, 0.29) is 22.9 Å². The number of hydrogen-bond acceptors (Lipinski definition) is 6. The molecule has 186 valence electrons. The first-order chi connectivity index (χ1) is 16.8. The lowest BCUT2D eigenvalue weighted by Gasteiger charge is -2.39. The second kappa shape index (κ2) is 9.97. The van der Waals surface area contributed by atoms with Gasteiger partial charge in [0.15, 0.2) is 0 Å². The first-order valence-electron chi connectivity index (χ1n) is 11.4. The van der Waals surface area contributed by atoms with Gasteiger partial charge >= 0.3 is 6.01 Å². The molecule has 2 aliphatic heterocycles. The van der Waals surface area contributed by atoms with Crippen LogP contribution in [0.3, 0.4) is 0 Å². The minimum absolute atomic E-state index is 0.106. The molecular weight excluding hydrogens is 458 g/mol. The Kier molecular flexibility index (Phi) is 7.00. The molecule has 2 fully saturated rings. The molecule has 35 heavy (non-hydrogen) atoms. The van der Waals surface area contributed by atoms with Gasteiger partial charge in [0.25, 0.3) is 5.91 Å². The van der Waals surface area contributed by atoms with Gasteiger partial charge in [0, 0.05) is 38.5 Å². The summed E-state index contributed by atoms with van der Waals surface area (Å²) < 4.78 is 38.8. The molecular formula is C25H28F2N4O4. The summed E-state index contributed by atoms with van der Waals surface area (Å²) in [6.07, 6.45) is 6.75. The first-order valence-corrected chi connectivity index (χ1v) is 11.4. The number of amides is 2. The Morgan fingerprint density at radius 3 is 2.40 bits per heavy atom. The van der Waals surface area contributed by atoms with Gasteiger partial charge in [0.1, 0.15) is 17.2 Å². The van der Waals surface area contributed by atoms with E-state index in [0.29, 0.717) is 50.5 Å². The fourth-order valence-corrected chi connectivity index (χ4v) is 4.73. The van der Waals surface area contributed by atoms with Crippen molar-refractivity contribution in [2.75, 3.05) is 40.4 Å². The Hall–Kier alpha value is -3.56. The SMILES string of the molecule is COc1ncc(/C=C/C(=O)N2CCC3(CCN(C(=O)c4c(F)ccc(C)c4F)CC3)C2)c(OC)n1.